The van der Waals surface area contributed by atoms with Gasteiger partial charge in [0, 0.05) is 19.5 Å². The molecule has 0 N–H and O–H groups in total. The number of methoxy groups -OCH3 is 1. The van der Waals surface area contributed by atoms with E-state index in [1.165, 1.54) is 0 Å². The van der Waals surface area contributed by atoms with Crippen molar-refractivity contribution in [3.63, 3.8) is 0 Å². The summed E-state index contributed by atoms with van der Waals surface area (Å²) in [6, 6.07) is 3.77. The first-order chi connectivity index (χ1) is 9.72. The summed E-state index contributed by atoms with van der Waals surface area (Å²) in [4.78, 5) is 15.8. The van der Waals surface area contributed by atoms with Gasteiger partial charge >= 0.3 is 5.97 Å². The van der Waals surface area contributed by atoms with Gasteiger partial charge in [0.05, 0.1) is 18.8 Å². The van der Waals surface area contributed by atoms with Crippen LogP contribution in [0.5, 0.6) is 0 Å². The van der Waals surface area contributed by atoms with Gasteiger partial charge in [0.1, 0.15) is 6.61 Å². The lowest BCUT2D eigenvalue weighted by Crippen LogP contribution is -2.12. The third-order valence-corrected chi connectivity index (χ3v) is 2.78. The van der Waals surface area contributed by atoms with E-state index in [1.54, 1.807) is 31.1 Å². The molecule has 0 radical (unpaired) electrons. The molecule has 0 aliphatic carbocycles. The molecule has 0 aliphatic heterocycles. The maximum Gasteiger partial charge on any atom is 0.360 e. The molecule has 0 aliphatic rings. The van der Waals surface area contributed by atoms with Crippen molar-refractivity contribution in [1.82, 2.24) is 20.0 Å². The summed E-state index contributed by atoms with van der Waals surface area (Å²) in [5, 5.41) is 7.85. The van der Waals surface area contributed by atoms with E-state index in [0.29, 0.717) is 18.8 Å². The van der Waals surface area contributed by atoms with Crippen molar-refractivity contribution < 1.29 is 14.3 Å². The Hall–Kier alpha value is -2.28. The van der Waals surface area contributed by atoms with Crippen LogP contribution < -0.4 is 0 Å². The molecule has 0 bridgehead atoms. The zero-order chi connectivity index (χ0) is 14.4. The summed E-state index contributed by atoms with van der Waals surface area (Å²) in [6.07, 6.45) is 3.42. The molecule has 0 aromatic carbocycles. The fourth-order valence-electron chi connectivity index (χ4n) is 1.65. The molecule has 0 fully saturated rings. The standard InChI is InChI=1S/C13H16N4O3/c1-10-12(13(18)20-8-7-19-2)15-16-17(10)9-11-3-5-14-6-4-11/h3-6H,7-9H2,1-2H3. The van der Waals surface area contributed by atoms with E-state index in [9.17, 15) is 4.79 Å². The topological polar surface area (TPSA) is 79.1 Å². The van der Waals surface area contributed by atoms with Crippen LogP contribution in [-0.4, -0.2) is 46.3 Å². The van der Waals surface area contributed by atoms with Crippen molar-refractivity contribution in [3.8, 4) is 0 Å². The van der Waals surface area contributed by atoms with Crippen LogP contribution in [0.2, 0.25) is 0 Å². The number of nitrogens with zero attached hydrogens (tertiary/aromatic N) is 4. The Morgan fingerprint density at radius 2 is 2.05 bits per heavy atom. The number of hydrogen-bond donors (Lipinski definition) is 0. The summed E-state index contributed by atoms with van der Waals surface area (Å²) in [5.41, 5.74) is 1.94. The average molecular weight is 276 g/mol. The molecule has 2 aromatic heterocycles. The molecule has 0 saturated carbocycles. The Balaban J connectivity index is 2.05. The zero-order valence-electron chi connectivity index (χ0n) is 11.4. The van der Waals surface area contributed by atoms with Crippen molar-refractivity contribution >= 4 is 5.97 Å². The molecule has 2 aromatic rings. The normalized spacial score (nSPS) is 10.5. The number of esters is 1. The molecule has 20 heavy (non-hydrogen) atoms. The molecule has 2 rings (SSSR count). The predicted octanol–water partition coefficient (Wildman–Crippen LogP) is 0.833. The Labute approximate surface area is 116 Å². The monoisotopic (exact) mass is 276 g/mol. The summed E-state index contributed by atoms with van der Waals surface area (Å²) >= 11 is 0. The first-order valence-corrected chi connectivity index (χ1v) is 6.17. The van der Waals surface area contributed by atoms with Crippen molar-refractivity contribution in [2.45, 2.75) is 13.5 Å². The number of carbonyl (C=O) groups excluding carboxylic acids is 1. The quantitative estimate of drug-likeness (QED) is 0.574. The van der Waals surface area contributed by atoms with Gasteiger partial charge in [0.15, 0.2) is 5.69 Å². The lowest BCUT2D eigenvalue weighted by Gasteiger charge is -2.04. The average Bonchev–Trinajstić information content (AvgIpc) is 2.82. The SMILES string of the molecule is COCCOC(=O)c1nnn(Cc2ccncc2)c1C. The van der Waals surface area contributed by atoms with Crippen molar-refractivity contribution in [3.05, 3.63) is 41.5 Å². The predicted molar refractivity (Wildman–Crippen MR) is 70.3 cm³/mol. The van der Waals surface area contributed by atoms with Gasteiger partial charge in [-0.2, -0.15) is 0 Å². The molecule has 0 unspecified atom stereocenters. The molecule has 0 amide bonds. The highest BCUT2D eigenvalue weighted by Gasteiger charge is 2.17. The summed E-state index contributed by atoms with van der Waals surface area (Å²) in [6.45, 7) is 2.88. The van der Waals surface area contributed by atoms with E-state index in [-0.39, 0.29) is 12.3 Å². The Morgan fingerprint density at radius 3 is 2.75 bits per heavy atom. The maximum absolute atomic E-state index is 11.8. The summed E-state index contributed by atoms with van der Waals surface area (Å²) in [7, 11) is 1.55. The van der Waals surface area contributed by atoms with E-state index in [2.05, 4.69) is 15.3 Å². The second-order valence-electron chi connectivity index (χ2n) is 4.17. The Bertz CT molecular complexity index is 568. The molecular formula is C13H16N4O3. The Morgan fingerprint density at radius 1 is 1.30 bits per heavy atom. The zero-order valence-corrected chi connectivity index (χ0v) is 11.4. The molecule has 0 atom stereocenters. The van der Waals surface area contributed by atoms with Crippen LogP contribution in [0.3, 0.4) is 0 Å². The highest BCUT2D eigenvalue weighted by molar-refractivity contribution is 5.88. The highest BCUT2D eigenvalue weighted by atomic mass is 16.6. The van der Waals surface area contributed by atoms with Crippen LogP contribution in [0.4, 0.5) is 0 Å². The van der Waals surface area contributed by atoms with Gasteiger partial charge in [-0.15, -0.1) is 5.10 Å². The van der Waals surface area contributed by atoms with Crippen molar-refractivity contribution in [1.29, 1.82) is 0 Å². The van der Waals surface area contributed by atoms with E-state index >= 15 is 0 Å². The molecular weight excluding hydrogens is 260 g/mol. The number of pyridine rings is 1. The molecule has 7 nitrogen and oxygen atoms in total. The molecule has 7 heteroatoms. The molecule has 2 heterocycles. The third-order valence-electron chi connectivity index (χ3n) is 2.78. The minimum Gasteiger partial charge on any atom is -0.458 e. The summed E-state index contributed by atoms with van der Waals surface area (Å²) in [5.74, 6) is -0.486. The minimum atomic E-state index is -0.486. The van der Waals surface area contributed by atoms with Crippen LogP contribution in [0.25, 0.3) is 0 Å². The maximum atomic E-state index is 11.8. The molecule has 0 spiro atoms. The summed E-state index contributed by atoms with van der Waals surface area (Å²) < 4.78 is 11.5. The van der Waals surface area contributed by atoms with E-state index in [1.807, 2.05) is 12.1 Å². The molecule has 106 valence electrons. The van der Waals surface area contributed by atoms with Crippen LogP contribution in [0.1, 0.15) is 21.7 Å². The van der Waals surface area contributed by atoms with Crippen molar-refractivity contribution in [2.75, 3.05) is 20.3 Å². The molecule has 0 saturated heterocycles. The number of ether oxygens (including phenoxy) is 2. The van der Waals surface area contributed by atoms with E-state index in [0.717, 1.165) is 5.56 Å². The second-order valence-corrected chi connectivity index (χ2v) is 4.17. The van der Waals surface area contributed by atoms with Gasteiger partial charge in [-0.25, -0.2) is 9.48 Å². The minimum absolute atomic E-state index is 0.200. The van der Waals surface area contributed by atoms with Crippen LogP contribution in [0.15, 0.2) is 24.5 Å². The van der Waals surface area contributed by atoms with Crippen molar-refractivity contribution in [2.24, 2.45) is 0 Å². The number of aromatic nitrogens is 4. The Kier molecular flexibility index (Phi) is 4.78. The van der Waals surface area contributed by atoms with Gasteiger partial charge in [0.2, 0.25) is 0 Å². The lowest BCUT2D eigenvalue weighted by atomic mass is 10.2. The van der Waals surface area contributed by atoms with E-state index < -0.39 is 5.97 Å². The van der Waals surface area contributed by atoms with E-state index in [4.69, 9.17) is 9.47 Å². The number of hydrogen-bond acceptors (Lipinski definition) is 6. The van der Waals surface area contributed by atoms with Crippen LogP contribution in [-0.2, 0) is 16.0 Å². The van der Waals surface area contributed by atoms with Crippen LogP contribution >= 0.6 is 0 Å². The fraction of sp³-hybridized carbons (Fsp3) is 0.385. The van der Waals surface area contributed by atoms with Crippen LogP contribution in [0, 0.1) is 6.92 Å². The smallest absolute Gasteiger partial charge is 0.360 e. The number of carbonyl (C=O) groups is 1. The van der Waals surface area contributed by atoms with Gasteiger partial charge in [0.25, 0.3) is 0 Å². The first-order valence-electron chi connectivity index (χ1n) is 6.17. The lowest BCUT2D eigenvalue weighted by molar-refractivity contribution is 0.0380. The second kappa shape index (κ2) is 6.76. The number of rotatable bonds is 6. The van der Waals surface area contributed by atoms with Gasteiger partial charge in [-0.05, 0) is 24.6 Å². The fourth-order valence-corrected chi connectivity index (χ4v) is 1.65. The highest BCUT2D eigenvalue weighted by Crippen LogP contribution is 2.08. The van der Waals surface area contributed by atoms with Gasteiger partial charge < -0.3 is 9.47 Å². The third kappa shape index (κ3) is 3.39. The van der Waals surface area contributed by atoms with Gasteiger partial charge in [-0.1, -0.05) is 5.21 Å². The first kappa shape index (κ1) is 14.1. The van der Waals surface area contributed by atoms with Gasteiger partial charge in [-0.3, -0.25) is 4.98 Å². The largest absolute Gasteiger partial charge is 0.458 e.